The third-order valence-corrected chi connectivity index (χ3v) is 7.63. The zero-order valence-electron chi connectivity index (χ0n) is 22.4. The zero-order valence-corrected chi connectivity index (χ0v) is 22.4. The lowest BCUT2D eigenvalue weighted by Crippen LogP contribution is -2.26. The van der Waals surface area contributed by atoms with Crippen LogP contribution in [0.5, 0.6) is 0 Å². The van der Waals surface area contributed by atoms with Gasteiger partial charge in [-0.05, 0) is 29.8 Å². The molecule has 0 saturated heterocycles. The van der Waals surface area contributed by atoms with Gasteiger partial charge in [-0.3, -0.25) is 4.90 Å². The highest BCUT2D eigenvalue weighted by molar-refractivity contribution is 5.37. The van der Waals surface area contributed by atoms with Crippen molar-refractivity contribution in [1.29, 1.82) is 0 Å². The Morgan fingerprint density at radius 1 is 0.564 bits per heavy atom. The molecule has 6 heteroatoms. The first kappa shape index (κ1) is 25.3. The lowest BCUT2D eigenvalue weighted by Gasteiger charge is -2.19. The highest BCUT2D eigenvalue weighted by Crippen LogP contribution is 2.20. The van der Waals surface area contributed by atoms with Gasteiger partial charge in [0.1, 0.15) is 0 Å². The summed E-state index contributed by atoms with van der Waals surface area (Å²) in [5, 5.41) is 3.41. The maximum absolute atomic E-state index is 4.67. The maximum Gasteiger partial charge on any atom is 0.0997 e. The van der Waals surface area contributed by atoms with Gasteiger partial charge >= 0.3 is 0 Å². The van der Waals surface area contributed by atoms with Crippen molar-refractivity contribution in [2.24, 2.45) is 0 Å². The molecule has 6 nitrogen and oxygen atoms in total. The van der Waals surface area contributed by atoms with Crippen molar-refractivity contribution in [3.05, 3.63) is 132 Å². The fraction of sp³-hybridized carbons (Fsp3) is 0.273. The fourth-order valence-corrected chi connectivity index (χ4v) is 5.57. The molecule has 4 heterocycles. The number of nitrogens with zero attached hydrogens (tertiary/aromatic N) is 5. The molecule has 2 aliphatic heterocycles. The minimum Gasteiger partial charge on any atom is -0.316 e. The van der Waals surface area contributed by atoms with Gasteiger partial charge in [0.2, 0.25) is 0 Å². The number of hydrogen-bond acceptors (Lipinski definition) is 4. The molecule has 0 atom stereocenters. The van der Waals surface area contributed by atoms with Gasteiger partial charge in [-0.2, -0.15) is 0 Å². The summed E-state index contributed by atoms with van der Waals surface area (Å²) in [4.78, 5) is 11.7. The van der Waals surface area contributed by atoms with Crippen molar-refractivity contribution in [3.8, 4) is 11.4 Å². The van der Waals surface area contributed by atoms with Gasteiger partial charge in [-0.15, -0.1) is 0 Å². The van der Waals surface area contributed by atoms with Crippen molar-refractivity contribution in [1.82, 2.24) is 29.3 Å². The monoisotopic (exact) mass is 516 g/mol. The van der Waals surface area contributed by atoms with Gasteiger partial charge in [0.05, 0.1) is 24.0 Å². The standard InChI is InChI=1S/C20H21N3.C13H15N3/c1-3-7-17(8-4-1)15-22-13-11-19-20(12-14-22)23(16-21-19)18-9-5-2-6-10-18;1-2-4-11(5-3-1)16-10-15-12-6-8-14-9-7-13(12)16/h1-10,16H,11-15H2;1-5,10,14H,6-9H2. The lowest BCUT2D eigenvalue weighted by molar-refractivity contribution is 0.278. The summed E-state index contributed by atoms with van der Waals surface area (Å²) in [5.41, 5.74) is 9.02. The molecule has 0 fully saturated rings. The predicted octanol–water partition coefficient (Wildman–Crippen LogP) is 5.03. The SMILES string of the molecule is c1ccc(-n2cnc3c2CCNCC3)cc1.c1ccc(CN2CCc3ncn(-c4ccccc4)c3CC2)cc1. The minimum atomic E-state index is 1.02. The summed E-state index contributed by atoms with van der Waals surface area (Å²) in [6.07, 6.45) is 8.11. The van der Waals surface area contributed by atoms with Gasteiger partial charge in [-0.1, -0.05) is 66.7 Å². The van der Waals surface area contributed by atoms with E-state index in [-0.39, 0.29) is 0 Å². The van der Waals surface area contributed by atoms with Gasteiger partial charge in [0, 0.05) is 81.2 Å². The van der Waals surface area contributed by atoms with E-state index >= 15 is 0 Å². The third-order valence-electron chi connectivity index (χ3n) is 7.63. The Hall–Kier alpha value is -4.00. The topological polar surface area (TPSA) is 50.9 Å². The number of benzene rings is 3. The van der Waals surface area contributed by atoms with E-state index in [1.54, 1.807) is 0 Å². The molecule has 7 rings (SSSR count). The first-order valence-corrected chi connectivity index (χ1v) is 14.0. The van der Waals surface area contributed by atoms with Crippen LogP contribution in [-0.4, -0.2) is 50.2 Å². The van der Waals surface area contributed by atoms with Crippen LogP contribution in [-0.2, 0) is 32.2 Å². The van der Waals surface area contributed by atoms with E-state index in [2.05, 4.69) is 114 Å². The Morgan fingerprint density at radius 3 is 1.72 bits per heavy atom. The van der Waals surface area contributed by atoms with Crippen LogP contribution in [0.25, 0.3) is 11.4 Å². The van der Waals surface area contributed by atoms with E-state index in [0.717, 1.165) is 58.4 Å². The van der Waals surface area contributed by atoms with E-state index in [0.29, 0.717) is 0 Å². The molecule has 0 radical (unpaired) electrons. The number of fused-ring (bicyclic) bond motifs is 2. The molecule has 3 aromatic carbocycles. The molecule has 0 saturated carbocycles. The van der Waals surface area contributed by atoms with Crippen LogP contribution in [0.15, 0.2) is 104 Å². The molecule has 1 N–H and O–H groups in total. The summed E-state index contributed by atoms with van der Waals surface area (Å²) in [5.74, 6) is 0. The van der Waals surface area contributed by atoms with Gasteiger partial charge in [-0.25, -0.2) is 9.97 Å². The second-order valence-electron chi connectivity index (χ2n) is 10.2. The number of rotatable bonds is 4. The number of hydrogen-bond donors (Lipinski definition) is 1. The number of aromatic nitrogens is 4. The molecule has 0 aliphatic carbocycles. The minimum absolute atomic E-state index is 1.02. The number of nitrogens with one attached hydrogen (secondary N) is 1. The fourth-order valence-electron chi connectivity index (χ4n) is 5.57. The van der Waals surface area contributed by atoms with Crippen LogP contribution >= 0.6 is 0 Å². The first-order valence-electron chi connectivity index (χ1n) is 14.0. The molecule has 2 aromatic heterocycles. The number of imidazole rings is 2. The molecular weight excluding hydrogens is 480 g/mol. The summed E-state index contributed by atoms with van der Waals surface area (Å²) < 4.78 is 4.46. The van der Waals surface area contributed by atoms with Gasteiger partial charge < -0.3 is 14.5 Å². The van der Waals surface area contributed by atoms with Gasteiger partial charge in [0.15, 0.2) is 0 Å². The molecular formula is C33H36N6. The van der Waals surface area contributed by atoms with E-state index < -0.39 is 0 Å². The molecule has 0 bridgehead atoms. The average molecular weight is 517 g/mol. The molecule has 198 valence electrons. The van der Waals surface area contributed by atoms with Crippen molar-refractivity contribution >= 4 is 0 Å². The second kappa shape index (κ2) is 12.2. The lowest BCUT2D eigenvalue weighted by atomic mass is 10.2. The first-order chi connectivity index (χ1) is 19.3. The molecule has 39 heavy (non-hydrogen) atoms. The molecule has 2 aliphatic rings. The van der Waals surface area contributed by atoms with Crippen LogP contribution in [0, 0.1) is 0 Å². The predicted molar refractivity (Wildman–Crippen MR) is 157 cm³/mol. The highest BCUT2D eigenvalue weighted by Gasteiger charge is 2.19. The Kier molecular flexibility index (Phi) is 7.94. The van der Waals surface area contributed by atoms with Crippen molar-refractivity contribution in [3.63, 3.8) is 0 Å². The van der Waals surface area contributed by atoms with E-state index in [1.165, 1.54) is 39.7 Å². The van der Waals surface area contributed by atoms with Gasteiger partial charge in [0.25, 0.3) is 0 Å². The summed E-state index contributed by atoms with van der Waals surface area (Å²) in [6, 6.07) is 31.7. The second-order valence-corrected chi connectivity index (χ2v) is 10.2. The maximum atomic E-state index is 4.67. The molecule has 0 unspecified atom stereocenters. The number of para-hydroxylation sites is 2. The quantitative estimate of drug-likeness (QED) is 0.364. The Morgan fingerprint density at radius 2 is 1.08 bits per heavy atom. The van der Waals surface area contributed by atoms with E-state index in [9.17, 15) is 0 Å². The highest BCUT2D eigenvalue weighted by atomic mass is 15.1. The zero-order chi connectivity index (χ0) is 26.3. The smallest absolute Gasteiger partial charge is 0.0997 e. The van der Waals surface area contributed by atoms with Crippen LogP contribution in [0.2, 0.25) is 0 Å². The van der Waals surface area contributed by atoms with Crippen LogP contribution in [0.4, 0.5) is 0 Å². The van der Waals surface area contributed by atoms with Crippen molar-refractivity contribution < 1.29 is 0 Å². The molecule has 0 spiro atoms. The Bertz CT molecular complexity index is 1460. The summed E-state index contributed by atoms with van der Waals surface area (Å²) in [7, 11) is 0. The van der Waals surface area contributed by atoms with Crippen molar-refractivity contribution in [2.45, 2.75) is 32.2 Å². The van der Waals surface area contributed by atoms with Crippen LogP contribution in [0.1, 0.15) is 28.3 Å². The summed E-state index contributed by atoms with van der Waals surface area (Å²) in [6.45, 7) is 5.27. The average Bonchev–Trinajstić information content (AvgIpc) is 3.44. The van der Waals surface area contributed by atoms with E-state index in [4.69, 9.17) is 0 Å². The van der Waals surface area contributed by atoms with Crippen LogP contribution < -0.4 is 5.32 Å². The molecule has 0 amide bonds. The Balaban J connectivity index is 0.000000151. The van der Waals surface area contributed by atoms with Crippen LogP contribution in [0.3, 0.4) is 0 Å². The normalized spacial score (nSPS) is 15.3. The van der Waals surface area contributed by atoms with Crippen molar-refractivity contribution in [2.75, 3.05) is 26.2 Å². The Labute approximate surface area is 231 Å². The molecule has 5 aromatic rings. The van der Waals surface area contributed by atoms with E-state index in [1.807, 2.05) is 18.7 Å². The third kappa shape index (κ3) is 6.03. The summed E-state index contributed by atoms with van der Waals surface area (Å²) >= 11 is 0. The largest absolute Gasteiger partial charge is 0.316 e.